The van der Waals surface area contributed by atoms with Gasteiger partial charge in [0.15, 0.2) is 0 Å². The number of hydrogen-bond donors (Lipinski definition) is 3. The second-order valence-electron chi connectivity index (χ2n) is 10.2. The molecule has 7 atom stereocenters. The zero-order valence-corrected chi connectivity index (χ0v) is 17.4. The Morgan fingerprint density at radius 3 is 2.86 bits per heavy atom. The fraction of sp³-hybridized carbons (Fsp3) is 0.696. The predicted molar refractivity (Wildman–Crippen MR) is 111 cm³/mol. The number of aromatic amines is 1. The van der Waals surface area contributed by atoms with E-state index < -0.39 is 0 Å². The smallest absolute Gasteiger partial charge is 0.243 e. The van der Waals surface area contributed by atoms with E-state index in [9.17, 15) is 9.59 Å². The van der Waals surface area contributed by atoms with Gasteiger partial charge in [-0.05, 0) is 73.7 Å². The van der Waals surface area contributed by atoms with Gasteiger partial charge in [-0.3, -0.25) is 14.9 Å². The second-order valence-corrected chi connectivity index (χ2v) is 10.2. The molecule has 3 N–H and O–H groups in total. The highest BCUT2D eigenvalue weighted by atomic mass is 16.2. The van der Waals surface area contributed by atoms with Gasteiger partial charge in [0.25, 0.3) is 0 Å². The lowest BCUT2D eigenvalue weighted by molar-refractivity contribution is -0.123. The van der Waals surface area contributed by atoms with E-state index >= 15 is 0 Å². The van der Waals surface area contributed by atoms with Crippen LogP contribution in [0.5, 0.6) is 0 Å². The molecule has 29 heavy (non-hydrogen) atoms. The van der Waals surface area contributed by atoms with Crippen LogP contribution in [0.2, 0.25) is 0 Å². The summed E-state index contributed by atoms with van der Waals surface area (Å²) < 4.78 is 0. The van der Waals surface area contributed by atoms with Crippen molar-refractivity contribution in [3.63, 3.8) is 0 Å². The van der Waals surface area contributed by atoms with Gasteiger partial charge in [0.2, 0.25) is 17.8 Å². The van der Waals surface area contributed by atoms with Gasteiger partial charge in [0, 0.05) is 30.3 Å². The first kappa shape index (κ1) is 18.9. The van der Waals surface area contributed by atoms with Gasteiger partial charge in [-0.15, -0.1) is 0 Å². The number of hydrogen-bond acceptors (Lipinski definition) is 3. The SMILES string of the molecule is C[C@]12C=CC(=O)N[C@@H]1CC[C@@H]1[C@@H]2CC[C@]2(C)[C@@H](CC(=O)Nc3ncc[nH]3)CC[C@@H]12. The van der Waals surface area contributed by atoms with E-state index in [1.807, 2.05) is 0 Å². The summed E-state index contributed by atoms with van der Waals surface area (Å²) in [7, 11) is 0. The molecule has 6 nitrogen and oxygen atoms in total. The number of fused-ring (bicyclic) bond motifs is 5. The Labute approximate surface area is 172 Å². The number of carbonyl (C=O) groups excluding carboxylic acids is 2. The summed E-state index contributed by atoms with van der Waals surface area (Å²) in [5.41, 5.74) is 0.319. The van der Waals surface area contributed by atoms with Crippen LogP contribution in [0.3, 0.4) is 0 Å². The van der Waals surface area contributed by atoms with E-state index in [0.717, 1.165) is 12.8 Å². The second kappa shape index (κ2) is 6.71. The van der Waals surface area contributed by atoms with Gasteiger partial charge in [-0.2, -0.15) is 0 Å². The highest BCUT2D eigenvalue weighted by molar-refractivity contribution is 5.89. The Kier molecular flexibility index (Phi) is 4.37. The summed E-state index contributed by atoms with van der Waals surface area (Å²) in [4.78, 5) is 31.5. The molecular weight excluding hydrogens is 364 g/mol. The highest BCUT2D eigenvalue weighted by Gasteiger charge is 2.59. The summed E-state index contributed by atoms with van der Waals surface area (Å²) in [6.45, 7) is 4.80. The van der Waals surface area contributed by atoms with Crippen molar-refractivity contribution in [3.8, 4) is 0 Å². The van der Waals surface area contributed by atoms with E-state index in [0.29, 0.717) is 36.0 Å². The summed E-state index contributed by atoms with van der Waals surface area (Å²) in [6, 6.07) is 0.280. The van der Waals surface area contributed by atoms with Gasteiger partial charge < -0.3 is 10.3 Å². The quantitative estimate of drug-likeness (QED) is 0.729. The molecule has 0 aromatic carbocycles. The van der Waals surface area contributed by atoms with Crippen LogP contribution < -0.4 is 10.6 Å². The number of nitrogens with one attached hydrogen (secondary N) is 3. The fourth-order valence-electron chi connectivity index (χ4n) is 7.52. The van der Waals surface area contributed by atoms with E-state index in [4.69, 9.17) is 0 Å². The first-order chi connectivity index (χ1) is 13.9. The van der Waals surface area contributed by atoms with E-state index in [-0.39, 0.29) is 28.7 Å². The first-order valence-corrected chi connectivity index (χ1v) is 11.2. The van der Waals surface area contributed by atoms with Crippen molar-refractivity contribution < 1.29 is 9.59 Å². The summed E-state index contributed by atoms with van der Waals surface area (Å²) >= 11 is 0. The summed E-state index contributed by atoms with van der Waals surface area (Å²) in [5, 5.41) is 6.14. The van der Waals surface area contributed by atoms with Crippen molar-refractivity contribution in [1.82, 2.24) is 15.3 Å². The Morgan fingerprint density at radius 1 is 1.21 bits per heavy atom. The third-order valence-corrected chi connectivity index (χ3v) is 9.07. The molecule has 2 heterocycles. The van der Waals surface area contributed by atoms with Crippen LogP contribution >= 0.6 is 0 Å². The van der Waals surface area contributed by atoms with E-state index in [1.54, 1.807) is 18.5 Å². The van der Waals surface area contributed by atoms with Crippen molar-refractivity contribution in [2.24, 2.45) is 34.5 Å². The molecule has 2 amide bonds. The topological polar surface area (TPSA) is 86.9 Å². The number of imidazole rings is 1. The molecule has 6 heteroatoms. The Bertz CT molecular complexity index is 834. The van der Waals surface area contributed by atoms with Gasteiger partial charge in [-0.1, -0.05) is 19.9 Å². The molecule has 3 saturated carbocycles. The molecule has 0 bridgehead atoms. The monoisotopic (exact) mass is 396 g/mol. The number of anilines is 1. The van der Waals surface area contributed by atoms with Crippen LogP contribution in [0, 0.1) is 34.5 Å². The molecule has 1 aromatic rings. The lowest BCUT2D eigenvalue weighted by Gasteiger charge is -2.59. The third kappa shape index (κ3) is 2.94. The number of amides is 2. The standard InChI is InChI=1S/C23H32N4O2/c1-22-9-7-17-15(4-6-18-23(17,2)10-8-19(28)26-18)16(22)5-3-14(22)13-20(29)27-21-24-11-12-25-21/h8,10-12,14-18H,3-7,9,13H2,1-2H3,(H,26,28)(H2,24,25,27,29)/t14-,15+,16+,17+,18-,22-,23-/m1/s1. The first-order valence-electron chi connectivity index (χ1n) is 11.2. The molecular formula is C23H32N4O2. The molecule has 5 rings (SSSR count). The molecule has 0 radical (unpaired) electrons. The maximum absolute atomic E-state index is 12.6. The lowest BCUT2D eigenvalue weighted by atomic mass is 9.48. The maximum Gasteiger partial charge on any atom is 0.243 e. The molecule has 0 unspecified atom stereocenters. The van der Waals surface area contributed by atoms with Crippen molar-refractivity contribution in [1.29, 1.82) is 0 Å². The Morgan fingerprint density at radius 2 is 2.07 bits per heavy atom. The molecule has 156 valence electrons. The van der Waals surface area contributed by atoms with Crippen LogP contribution in [0.25, 0.3) is 0 Å². The van der Waals surface area contributed by atoms with E-state index in [1.165, 1.54) is 25.7 Å². The Hall–Kier alpha value is -2.11. The minimum atomic E-state index is 0.0649. The average molecular weight is 397 g/mol. The predicted octanol–water partition coefficient (Wildman–Crippen LogP) is 3.65. The van der Waals surface area contributed by atoms with Crippen molar-refractivity contribution in [3.05, 3.63) is 24.5 Å². The number of H-pyrrole nitrogens is 1. The fourth-order valence-corrected chi connectivity index (χ4v) is 7.52. The zero-order chi connectivity index (χ0) is 20.2. The number of nitrogens with zero attached hydrogens (tertiary/aromatic N) is 1. The molecule has 3 aliphatic carbocycles. The Balaban J connectivity index is 1.32. The summed E-state index contributed by atoms with van der Waals surface area (Å²) in [6.07, 6.45) is 14.9. The number of aromatic nitrogens is 2. The molecule has 0 saturated heterocycles. The largest absolute Gasteiger partial charge is 0.349 e. The van der Waals surface area contributed by atoms with Crippen molar-refractivity contribution in [2.75, 3.05) is 5.32 Å². The zero-order valence-electron chi connectivity index (χ0n) is 17.4. The van der Waals surface area contributed by atoms with E-state index in [2.05, 4.69) is 40.5 Å². The van der Waals surface area contributed by atoms with Gasteiger partial charge in [-0.25, -0.2) is 4.98 Å². The minimum Gasteiger partial charge on any atom is -0.349 e. The van der Waals surface area contributed by atoms with Crippen LogP contribution in [-0.2, 0) is 9.59 Å². The minimum absolute atomic E-state index is 0.0649. The average Bonchev–Trinajstić information content (AvgIpc) is 3.30. The molecule has 3 fully saturated rings. The molecule has 0 spiro atoms. The third-order valence-electron chi connectivity index (χ3n) is 9.07. The summed E-state index contributed by atoms with van der Waals surface area (Å²) in [5.74, 6) is 3.13. The van der Waals surface area contributed by atoms with Gasteiger partial charge >= 0.3 is 0 Å². The van der Waals surface area contributed by atoms with Crippen LogP contribution in [-0.4, -0.2) is 27.8 Å². The van der Waals surface area contributed by atoms with Crippen molar-refractivity contribution >= 4 is 17.8 Å². The van der Waals surface area contributed by atoms with Crippen molar-refractivity contribution in [2.45, 2.75) is 64.8 Å². The highest BCUT2D eigenvalue weighted by Crippen LogP contribution is 2.65. The van der Waals surface area contributed by atoms with Gasteiger partial charge in [0.1, 0.15) is 0 Å². The molecule has 1 aromatic heterocycles. The number of carbonyl (C=O) groups is 2. The lowest BCUT2D eigenvalue weighted by Crippen LogP contribution is -2.59. The maximum atomic E-state index is 12.6. The van der Waals surface area contributed by atoms with Crippen LogP contribution in [0.4, 0.5) is 5.95 Å². The number of rotatable bonds is 3. The van der Waals surface area contributed by atoms with Crippen LogP contribution in [0.15, 0.2) is 24.5 Å². The molecule has 4 aliphatic rings. The normalized spacial score (nSPS) is 43.1. The molecule has 1 aliphatic heterocycles. The van der Waals surface area contributed by atoms with Crippen LogP contribution in [0.1, 0.15) is 58.8 Å². The van der Waals surface area contributed by atoms with Gasteiger partial charge in [0.05, 0.1) is 0 Å².